The predicted molar refractivity (Wildman–Crippen MR) is 112 cm³/mol. The van der Waals surface area contributed by atoms with E-state index in [4.69, 9.17) is 21.1 Å². The number of hydrogen-bond acceptors (Lipinski definition) is 4. The third-order valence-corrected chi connectivity index (χ3v) is 4.44. The Morgan fingerprint density at radius 1 is 1.14 bits per heavy atom. The molecule has 1 amide bonds. The Morgan fingerprint density at radius 2 is 1.83 bits per heavy atom. The number of benzene rings is 2. The van der Waals surface area contributed by atoms with Crippen molar-refractivity contribution in [1.82, 2.24) is 4.90 Å². The van der Waals surface area contributed by atoms with Crippen LogP contribution in [0.15, 0.2) is 36.4 Å². The third-order valence-electron chi connectivity index (χ3n) is 4.21. The van der Waals surface area contributed by atoms with Crippen molar-refractivity contribution >= 4 is 17.7 Å². The molecule has 158 valence electrons. The van der Waals surface area contributed by atoms with Crippen LogP contribution in [0.4, 0.5) is 9.18 Å². The maximum atomic E-state index is 14.5. The molecular formula is C22H27ClFNO4. The lowest BCUT2D eigenvalue weighted by molar-refractivity contribution is 0.0221. The first-order valence-electron chi connectivity index (χ1n) is 9.35. The highest BCUT2D eigenvalue weighted by atomic mass is 35.5. The van der Waals surface area contributed by atoms with Crippen molar-refractivity contribution < 1.29 is 23.8 Å². The number of rotatable bonds is 7. The average Bonchev–Trinajstić information content (AvgIpc) is 2.63. The van der Waals surface area contributed by atoms with E-state index >= 15 is 0 Å². The molecule has 0 fully saturated rings. The lowest BCUT2D eigenvalue weighted by Crippen LogP contribution is -2.39. The normalized spacial score (nSPS) is 11.3. The first-order valence-corrected chi connectivity index (χ1v) is 9.73. The Hall–Kier alpha value is -2.31. The molecule has 29 heavy (non-hydrogen) atoms. The van der Waals surface area contributed by atoms with Crippen LogP contribution in [0.25, 0.3) is 11.1 Å². The Morgan fingerprint density at radius 3 is 2.41 bits per heavy atom. The zero-order valence-electron chi connectivity index (χ0n) is 17.2. The summed E-state index contributed by atoms with van der Waals surface area (Å²) in [6.07, 6.45) is -0.0814. The monoisotopic (exact) mass is 423 g/mol. The van der Waals surface area contributed by atoms with Gasteiger partial charge in [0.05, 0.1) is 13.7 Å². The molecule has 0 saturated heterocycles. The molecule has 0 spiro atoms. The maximum absolute atomic E-state index is 14.5. The van der Waals surface area contributed by atoms with Gasteiger partial charge >= 0.3 is 6.09 Å². The van der Waals surface area contributed by atoms with Crippen molar-refractivity contribution in [3.05, 3.63) is 52.8 Å². The van der Waals surface area contributed by atoms with Crippen LogP contribution in [0.1, 0.15) is 26.3 Å². The van der Waals surface area contributed by atoms with Crippen molar-refractivity contribution in [3.8, 4) is 16.9 Å². The molecule has 2 aromatic carbocycles. The van der Waals surface area contributed by atoms with Gasteiger partial charge in [-0.3, -0.25) is 0 Å². The molecule has 0 radical (unpaired) electrons. The zero-order chi connectivity index (χ0) is 21.6. The number of ether oxygens (including phenoxy) is 2. The molecule has 7 heteroatoms. The number of halogens is 2. The Kier molecular flexibility index (Phi) is 7.88. The van der Waals surface area contributed by atoms with Crippen molar-refractivity contribution in [3.63, 3.8) is 0 Å². The predicted octanol–water partition coefficient (Wildman–Crippen LogP) is 4.93. The van der Waals surface area contributed by atoms with E-state index in [0.29, 0.717) is 34.9 Å². The molecule has 0 atom stereocenters. The number of nitrogens with zero attached hydrogens (tertiary/aromatic N) is 1. The van der Waals surface area contributed by atoms with Gasteiger partial charge in [0, 0.05) is 23.7 Å². The van der Waals surface area contributed by atoms with E-state index in [1.54, 1.807) is 52.1 Å². The second kappa shape index (κ2) is 9.94. The van der Waals surface area contributed by atoms with E-state index in [1.165, 1.54) is 11.0 Å². The first-order chi connectivity index (χ1) is 13.6. The maximum Gasteiger partial charge on any atom is 0.410 e. The highest BCUT2D eigenvalue weighted by molar-refractivity contribution is 6.30. The molecule has 2 aromatic rings. The average molecular weight is 424 g/mol. The molecule has 1 N–H and O–H groups in total. The van der Waals surface area contributed by atoms with Gasteiger partial charge in [0.1, 0.15) is 17.2 Å². The summed E-state index contributed by atoms with van der Waals surface area (Å²) < 4.78 is 25.2. The Balaban J connectivity index is 2.31. The molecule has 0 saturated carbocycles. The minimum Gasteiger partial charge on any atom is -0.497 e. The summed E-state index contributed by atoms with van der Waals surface area (Å²) in [6, 6.07) is 9.88. The molecule has 0 aliphatic heterocycles. The number of hydrogen-bond donors (Lipinski definition) is 1. The molecule has 0 bridgehead atoms. The quantitative estimate of drug-likeness (QED) is 0.686. The topological polar surface area (TPSA) is 59.0 Å². The summed E-state index contributed by atoms with van der Waals surface area (Å²) >= 11 is 5.88. The van der Waals surface area contributed by atoms with E-state index in [0.717, 1.165) is 5.56 Å². The van der Waals surface area contributed by atoms with Crippen LogP contribution in [0.2, 0.25) is 5.02 Å². The van der Waals surface area contributed by atoms with E-state index in [-0.39, 0.29) is 13.2 Å². The van der Waals surface area contributed by atoms with Gasteiger partial charge in [0.2, 0.25) is 0 Å². The number of aliphatic hydroxyl groups is 1. The van der Waals surface area contributed by atoms with E-state index in [1.807, 2.05) is 6.07 Å². The van der Waals surface area contributed by atoms with Gasteiger partial charge in [0.15, 0.2) is 0 Å². The summed E-state index contributed by atoms with van der Waals surface area (Å²) in [5.74, 6) is 0.201. The fraction of sp³-hybridized carbons (Fsp3) is 0.409. The highest BCUT2D eigenvalue weighted by Gasteiger charge is 2.22. The van der Waals surface area contributed by atoms with Crippen LogP contribution in [0, 0.1) is 5.82 Å². The summed E-state index contributed by atoms with van der Waals surface area (Å²) in [5.41, 5.74) is 1.27. The van der Waals surface area contributed by atoms with Crippen LogP contribution < -0.4 is 4.74 Å². The van der Waals surface area contributed by atoms with Gasteiger partial charge in [-0.2, -0.15) is 0 Å². The molecule has 0 heterocycles. The SMILES string of the molecule is COc1ccc(-c2ccc(Cl)cc2F)c(CCN(CCO)C(=O)OC(C)(C)C)c1. The fourth-order valence-corrected chi connectivity index (χ4v) is 3.03. The van der Waals surface area contributed by atoms with Gasteiger partial charge in [-0.15, -0.1) is 0 Å². The summed E-state index contributed by atoms with van der Waals surface area (Å²) in [7, 11) is 1.56. The number of carbonyl (C=O) groups is 1. The smallest absolute Gasteiger partial charge is 0.410 e. The summed E-state index contributed by atoms with van der Waals surface area (Å²) in [6.45, 7) is 5.60. The van der Waals surface area contributed by atoms with Crippen molar-refractivity contribution in [1.29, 1.82) is 0 Å². The van der Waals surface area contributed by atoms with Crippen molar-refractivity contribution in [2.75, 3.05) is 26.8 Å². The Bertz CT molecular complexity index is 851. The minimum atomic E-state index is -0.641. The largest absolute Gasteiger partial charge is 0.497 e. The van der Waals surface area contributed by atoms with Gasteiger partial charge in [-0.25, -0.2) is 9.18 Å². The molecule has 5 nitrogen and oxygen atoms in total. The minimum absolute atomic E-state index is 0.142. The molecule has 0 aliphatic rings. The zero-order valence-corrected chi connectivity index (χ0v) is 17.9. The number of methoxy groups -OCH3 is 1. The second-order valence-electron chi connectivity index (χ2n) is 7.59. The van der Waals surface area contributed by atoms with Crippen LogP contribution in [-0.4, -0.2) is 48.5 Å². The third kappa shape index (κ3) is 6.61. The first kappa shape index (κ1) is 23.0. The standard InChI is InChI=1S/C22H27ClFNO4/c1-22(2,3)29-21(27)25(11-12-26)10-9-15-13-17(28-4)6-8-18(15)19-7-5-16(23)14-20(19)24/h5-8,13-14,26H,9-12H2,1-4H3. The highest BCUT2D eigenvalue weighted by Crippen LogP contribution is 2.31. The van der Waals surface area contributed by atoms with E-state index < -0.39 is 17.5 Å². The van der Waals surface area contributed by atoms with Gasteiger partial charge in [0.25, 0.3) is 0 Å². The van der Waals surface area contributed by atoms with Crippen LogP contribution >= 0.6 is 11.6 Å². The summed E-state index contributed by atoms with van der Waals surface area (Å²) in [5, 5.41) is 9.65. The number of amides is 1. The van der Waals surface area contributed by atoms with Gasteiger partial charge < -0.3 is 19.5 Å². The number of carbonyl (C=O) groups excluding carboxylic acids is 1. The molecular weight excluding hydrogens is 397 g/mol. The van der Waals surface area contributed by atoms with Crippen LogP contribution in [-0.2, 0) is 11.2 Å². The number of aliphatic hydroxyl groups excluding tert-OH is 1. The Labute approximate surface area is 176 Å². The van der Waals surface area contributed by atoms with Crippen LogP contribution in [0.5, 0.6) is 5.75 Å². The fourth-order valence-electron chi connectivity index (χ4n) is 2.87. The molecule has 2 rings (SSSR count). The molecule has 0 aliphatic carbocycles. The lowest BCUT2D eigenvalue weighted by Gasteiger charge is -2.27. The van der Waals surface area contributed by atoms with Crippen molar-refractivity contribution in [2.24, 2.45) is 0 Å². The van der Waals surface area contributed by atoms with Gasteiger partial charge in [-0.05, 0) is 68.7 Å². The van der Waals surface area contributed by atoms with E-state index in [9.17, 15) is 14.3 Å². The lowest BCUT2D eigenvalue weighted by atomic mass is 9.96. The van der Waals surface area contributed by atoms with Gasteiger partial charge in [-0.1, -0.05) is 17.7 Å². The van der Waals surface area contributed by atoms with Crippen molar-refractivity contribution in [2.45, 2.75) is 32.8 Å². The second-order valence-corrected chi connectivity index (χ2v) is 8.02. The van der Waals surface area contributed by atoms with Crippen LogP contribution in [0.3, 0.4) is 0 Å². The molecule has 0 aromatic heterocycles. The molecule has 0 unspecified atom stereocenters. The summed E-state index contributed by atoms with van der Waals surface area (Å²) in [4.78, 5) is 13.9. The van der Waals surface area contributed by atoms with E-state index in [2.05, 4.69) is 0 Å².